The third kappa shape index (κ3) is 3.17. The molecule has 0 saturated carbocycles. The van der Waals surface area contributed by atoms with E-state index in [2.05, 4.69) is 0 Å². The van der Waals surface area contributed by atoms with Gasteiger partial charge in [-0.05, 0) is 25.5 Å². The van der Waals surface area contributed by atoms with Crippen LogP contribution in [0.15, 0.2) is 23.0 Å². The summed E-state index contributed by atoms with van der Waals surface area (Å²) in [6, 6.07) is 4.95. The summed E-state index contributed by atoms with van der Waals surface area (Å²) in [4.78, 5) is 12.7. The summed E-state index contributed by atoms with van der Waals surface area (Å²) in [7, 11) is 1.54. The van der Waals surface area contributed by atoms with Crippen LogP contribution in [0, 0.1) is 6.92 Å². The Morgan fingerprint density at radius 2 is 2.19 bits per heavy atom. The predicted octanol–water partition coefficient (Wildman–Crippen LogP) is 1.89. The van der Waals surface area contributed by atoms with Gasteiger partial charge in [0.15, 0.2) is 11.5 Å². The Bertz CT molecular complexity index is 914. The van der Waals surface area contributed by atoms with Crippen LogP contribution in [0.4, 0.5) is 0 Å². The van der Waals surface area contributed by atoms with Crippen LogP contribution in [-0.2, 0) is 22.4 Å². The second-order valence-corrected chi connectivity index (χ2v) is 6.74. The molecule has 1 N–H and O–H groups in total. The van der Waals surface area contributed by atoms with E-state index in [-0.39, 0.29) is 17.4 Å². The number of aromatic hydroxyl groups is 1. The lowest BCUT2D eigenvalue weighted by Crippen LogP contribution is -2.34. The van der Waals surface area contributed by atoms with Crippen molar-refractivity contribution < 1.29 is 24.1 Å². The van der Waals surface area contributed by atoms with Gasteiger partial charge in [0.05, 0.1) is 32.6 Å². The molecule has 3 heterocycles. The zero-order valence-corrected chi connectivity index (χ0v) is 15.5. The van der Waals surface area contributed by atoms with E-state index < -0.39 is 0 Å². The van der Waals surface area contributed by atoms with E-state index in [0.717, 1.165) is 22.4 Å². The van der Waals surface area contributed by atoms with Crippen LogP contribution in [0.5, 0.6) is 17.2 Å². The van der Waals surface area contributed by atoms with Gasteiger partial charge in [-0.3, -0.25) is 4.79 Å². The smallest absolute Gasteiger partial charge is 0.254 e. The number of nitrogens with zero attached hydrogens (tertiary/aromatic N) is 1. The largest absolute Gasteiger partial charge is 0.504 e. The zero-order chi connectivity index (χ0) is 19.0. The number of fused-ring (bicyclic) bond motifs is 3. The summed E-state index contributed by atoms with van der Waals surface area (Å²) >= 11 is 0. The Hall–Kier alpha value is -2.51. The van der Waals surface area contributed by atoms with Crippen molar-refractivity contribution in [1.82, 2.24) is 4.57 Å². The molecule has 1 unspecified atom stereocenters. The fourth-order valence-corrected chi connectivity index (χ4v) is 3.80. The molecule has 1 aromatic heterocycles. The molecule has 27 heavy (non-hydrogen) atoms. The molecule has 0 bridgehead atoms. The van der Waals surface area contributed by atoms with Gasteiger partial charge in [-0.1, -0.05) is 0 Å². The minimum absolute atomic E-state index is 0.103. The number of ether oxygens (including phenoxy) is 4. The molecule has 0 amide bonds. The summed E-state index contributed by atoms with van der Waals surface area (Å²) in [6.07, 6.45) is 0.480. The number of benzene rings is 1. The molecule has 1 fully saturated rings. The first-order valence-corrected chi connectivity index (χ1v) is 9.06. The van der Waals surface area contributed by atoms with Crippen molar-refractivity contribution in [2.24, 2.45) is 0 Å². The number of pyridine rings is 1. The molecule has 2 aliphatic rings. The minimum Gasteiger partial charge on any atom is -0.504 e. The molecule has 0 radical (unpaired) electrons. The second-order valence-electron chi connectivity index (χ2n) is 6.74. The zero-order valence-electron chi connectivity index (χ0n) is 15.5. The molecular weight excluding hydrogens is 350 g/mol. The lowest BCUT2D eigenvalue weighted by atomic mass is 9.93. The van der Waals surface area contributed by atoms with Gasteiger partial charge in [0.1, 0.15) is 18.5 Å². The molecule has 1 saturated heterocycles. The number of hydrogen-bond donors (Lipinski definition) is 1. The highest BCUT2D eigenvalue weighted by Crippen LogP contribution is 2.42. The summed E-state index contributed by atoms with van der Waals surface area (Å²) in [5.41, 5.74) is 3.36. The van der Waals surface area contributed by atoms with E-state index in [1.807, 2.05) is 13.0 Å². The van der Waals surface area contributed by atoms with Gasteiger partial charge in [0, 0.05) is 29.3 Å². The van der Waals surface area contributed by atoms with Crippen LogP contribution in [0.25, 0.3) is 11.3 Å². The highest BCUT2D eigenvalue weighted by molar-refractivity contribution is 5.75. The fourth-order valence-electron chi connectivity index (χ4n) is 3.80. The summed E-state index contributed by atoms with van der Waals surface area (Å²) in [6.45, 7) is 4.43. The monoisotopic (exact) mass is 373 g/mol. The van der Waals surface area contributed by atoms with E-state index in [1.165, 1.54) is 13.2 Å². The topological polar surface area (TPSA) is 79.2 Å². The first-order chi connectivity index (χ1) is 13.1. The Kier molecular flexibility index (Phi) is 4.80. The molecule has 4 rings (SSSR count). The van der Waals surface area contributed by atoms with Gasteiger partial charge < -0.3 is 28.6 Å². The maximum absolute atomic E-state index is 12.7. The highest BCUT2D eigenvalue weighted by Gasteiger charge is 2.26. The number of rotatable bonds is 4. The third-order valence-corrected chi connectivity index (χ3v) is 5.11. The number of phenolic OH excluding ortho intramolecular Hbond substituents is 1. The highest BCUT2D eigenvalue weighted by atomic mass is 16.6. The van der Waals surface area contributed by atoms with Crippen LogP contribution in [0.2, 0.25) is 0 Å². The SMILES string of the molecule is COc1c(O)ccc2c1CCn1c-2c(C)c(OCC2COCCO2)cc1=O. The van der Waals surface area contributed by atoms with Gasteiger partial charge in [-0.2, -0.15) is 0 Å². The van der Waals surface area contributed by atoms with E-state index in [0.29, 0.717) is 50.9 Å². The minimum atomic E-state index is -0.138. The Labute approximate surface area is 157 Å². The average molecular weight is 373 g/mol. The lowest BCUT2D eigenvalue weighted by Gasteiger charge is -2.27. The van der Waals surface area contributed by atoms with Crippen LogP contribution in [-0.4, -0.2) is 49.3 Å². The van der Waals surface area contributed by atoms with E-state index >= 15 is 0 Å². The van der Waals surface area contributed by atoms with Gasteiger partial charge in [-0.15, -0.1) is 0 Å². The predicted molar refractivity (Wildman–Crippen MR) is 98.8 cm³/mol. The summed E-state index contributed by atoms with van der Waals surface area (Å²) in [5.74, 6) is 1.11. The van der Waals surface area contributed by atoms with Crippen LogP contribution >= 0.6 is 0 Å². The fraction of sp³-hybridized carbons (Fsp3) is 0.450. The number of phenols is 1. The average Bonchev–Trinajstić information content (AvgIpc) is 2.69. The molecule has 1 aromatic carbocycles. The maximum Gasteiger partial charge on any atom is 0.254 e. The maximum atomic E-state index is 12.7. The number of aromatic nitrogens is 1. The van der Waals surface area contributed by atoms with Crippen molar-refractivity contribution in [2.75, 3.05) is 33.5 Å². The van der Waals surface area contributed by atoms with Gasteiger partial charge in [-0.25, -0.2) is 0 Å². The Morgan fingerprint density at radius 1 is 1.33 bits per heavy atom. The van der Waals surface area contributed by atoms with Gasteiger partial charge >= 0.3 is 0 Å². The quantitative estimate of drug-likeness (QED) is 0.882. The Morgan fingerprint density at radius 3 is 2.93 bits per heavy atom. The van der Waals surface area contributed by atoms with Crippen molar-refractivity contribution >= 4 is 0 Å². The van der Waals surface area contributed by atoms with Crippen molar-refractivity contribution in [2.45, 2.75) is 26.0 Å². The molecular formula is C20H23NO6. The molecule has 7 nitrogen and oxygen atoms in total. The molecule has 2 aliphatic heterocycles. The molecule has 0 spiro atoms. The van der Waals surface area contributed by atoms with Crippen molar-refractivity contribution in [1.29, 1.82) is 0 Å². The normalized spacial score (nSPS) is 18.5. The van der Waals surface area contributed by atoms with E-state index in [1.54, 1.807) is 10.6 Å². The Balaban J connectivity index is 1.73. The lowest BCUT2D eigenvalue weighted by molar-refractivity contribution is -0.101. The molecule has 2 aromatic rings. The third-order valence-electron chi connectivity index (χ3n) is 5.11. The van der Waals surface area contributed by atoms with Crippen LogP contribution in [0.3, 0.4) is 0 Å². The van der Waals surface area contributed by atoms with Crippen molar-refractivity contribution in [3.05, 3.63) is 39.7 Å². The van der Waals surface area contributed by atoms with E-state index in [9.17, 15) is 9.90 Å². The van der Waals surface area contributed by atoms with Crippen LogP contribution < -0.4 is 15.0 Å². The van der Waals surface area contributed by atoms with Gasteiger partial charge in [0.25, 0.3) is 5.56 Å². The first-order valence-electron chi connectivity index (χ1n) is 9.06. The molecule has 1 atom stereocenters. The molecule has 144 valence electrons. The molecule has 0 aliphatic carbocycles. The van der Waals surface area contributed by atoms with Gasteiger partial charge in [0.2, 0.25) is 0 Å². The number of methoxy groups -OCH3 is 1. The molecule has 7 heteroatoms. The summed E-state index contributed by atoms with van der Waals surface area (Å²) < 4.78 is 24.1. The van der Waals surface area contributed by atoms with Crippen molar-refractivity contribution in [3.8, 4) is 28.5 Å². The second kappa shape index (κ2) is 7.25. The van der Waals surface area contributed by atoms with Crippen LogP contribution in [0.1, 0.15) is 11.1 Å². The van der Waals surface area contributed by atoms with E-state index in [4.69, 9.17) is 18.9 Å². The summed E-state index contributed by atoms with van der Waals surface area (Å²) in [5, 5.41) is 10.1. The number of hydrogen-bond acceptors (Lipinski definition) is 6. The van der Waals surface area contributed by atoms with Crippen molar-refractivity contribution in [3.63, 3.8) is 0 Å². The first kappa shape index (κ1) is 17.9. The standard InChI is InChI=1S/C20H23NO6/c1-12-17(27-11-13-10-25-7-8-26-13)9-18(23)21-6-5-15-14(19(12)21)3-4-16(22)20(15)24-2/h3-4,9,13,22H,5-8,10-11H2,1-2H3.